The summed E-state index contributed by atoms with van der Waals surface area (Å²) in [5, 5.41) is 30.3. The molecule has 3 aromatic rings. The molecule has 22 heavy (non-hydrogen) atoms. The first-order chi connectivity index (χ1) is 10.7. The summed E-state index contributed by atoms with van der Waals surface area (Å²) in [5.74, 6) is -1.11. The zero-order valence-electron chi connectivity index (χ0n) is 10.8. The Labute approximate surface area is 121 Å². The van der Waals surface area contributed by atoms with E-state index in [2.05, 4.69) is 51.9 Å². The van der Waals surface area contributed by atoms with E-state index >= 15 is 0 Å². The molecule has 0 atom stereocenters. The van der Waals surface area contributed by atoms with E-state index in [1.807, 2.05) is 0 Å². The van der Waals surface area contributed by atoms with Gasteiger partial charge in [0.15, 0.2) is 0 Å². The molecule has 0 unspecified atom stereocenters. The van der Waals surface area contributed by atoms with E-state index in [-0.39, 0.29) is 23.0 Å². The van der Waals surface area contributed by atoms with Crippen LogP contribution in [0, 0.1) is 0 Å². The Kier molecular flexibility index (Phi) is 3.47. The zero-order chi connectivity index (χ0) is 15.4. The Hall–Kier alpha value is -3.70. The summed E-state index contributed by atoms with van der Waals surface area (Å²) in [5.41, 5.74) is 0.265. The lowest BCUT2D eigenvalue weighted by Crippen LogP contribution is -2.21. The van der Waals surface area contributed by atoms with Gasteiger partial charge in [-0.05, 0) is 22.6 Å². The lowest BCUT2D eigenvalue weighted by Gasteiger charge is -2.07. The number of H-pyrrole nitrogens is 2. The molecule has 0 aliphatic carbocycles. The number of hydrogen-bond donors (Lipinski definition) is 4. The maximum Gasteiger partial charge on any atom is 0.270 e. The van der Waals surface area contributed by atoms with Crippen LogP contribution in [0.1, 0.15) is 20.7 Å². The molecule has 0 spiro atoms. The van der Waals surface area contributed by atoms with Crippen molar-refractivity contribution in [1.29, 1.82) is 0 Å². The van der Waals surface area contributed by atoms with Crippen LogP contribution in [0.15, 0.2) is 24.3 Å². The van der Waals surface area contributed by atoms with Crippen LogP contribution in [0.25, 0.3) is 0 Å². The molecule has 2 amide bonds. The van der Waals surface area contributed by atoms with Gasteiger partial charge >= 0.3 is 0 Å². The van der Waals surface area contributed by atoms with E-state index in [1.165, 1.54) is 12.1 Å². The highest BCUT2D eigenvalue weighted by Gasteiger charge is 2.18. The van der Waals surface area contributed by atoms with Crippen LogP contribution in [0.2, 0.25) is 0 Å². The molecule has 2 aromatic heterocycles. The SMILES string of the molecule is O=C(Nc1nn[nH]n1)c1ccccc1C(=O)Nc1nn[nH]n1. The Morgan fingerprint density at radius 2 is 1.27 bits per heavy atom. The van der Waals surface area contributed by atoms with Crippen molar-refractivity contribution in [3.63, 3.8) is 0 Å². The summed E-state index contributed by atoms with van der Waals surface area (Å²) in [6.45, 7) is 0. The molecule has 0 fully saturated rings. The Balaban J connectivity index is 1.83. The highest BCUT2D eigenvalue weighted by Crippen LogP contribution is 2.12. The number of carbonyl (C=O) groups excluding carboxylic acids is 2. The molecule has 0 aliphatic rings. The van der Waals surface area contributed by atoms with Crippen LogP contribution < -0.4 is 10.6 Å². The van der Waals surface area contributed by atoms with Crippen LogP contribution in [-0.4, -0.2) is 53.1 Å². The second-order valence-corrected chi connectivity index (χ2v) is 3.92. The van der Waals surface area contributed by atoms with Gasteiger partial charge in [-0.3, -0.25) is 20.2 Å². The normalized spacial score (nSPS) is 10.2. The van der Waals surface area contributed by atoms with Crippen molar-refractivity contribution in [1.82, 2.24) is 41.2 Å². The van der Waals surface area contributed by atoms with Crippen molar-refractivity contribution in [3.05, 3.63) is 35.4 Å². The number of benzene rings is 1. The van der Waals surface area contributed by atoms with Crippen LogP contribution in [0.3, 0.4) is 0 Å². The Bertz CT molecular complexity index is 715. The fraction of sp³-hybridized carbons (Fsp3) is 0. The standard InChI is InChI=1S/C10H8N10O2/c21-7(11-9-13-17-18-14-9)5-3-1-2-4-6(5)8(22)12-10-15-19-20-16-10/h1-4H,(H2,11,13,14,17,18,21)(H2,12,15,16,19,20,22). The second-order valence-electron chi connectivity index (χ2n) is 3.92. The van der Waals surface area contributed by atoms with Crippen LogP contribution in [0.5, 0.6) is 0 Å². The molecule has 0 saturated heterocycles. The number of rotatable bonds is 4. The number of amides is 2. The van der Waals surface area contributed by atoms with E-state index in [0.29, 0.717) is 0 Å². The summed E-state index contributed by atoms with van der Waals surface area (Å²) in [4.78, 5) is 24.4. The van der Waals surface area contributed by atoms with Gasteiger partial charge in [-0.15, -0.1) is 10.2 Å². The number of anilines is 2. The Morgan fingerprint density at radius 3 is 1.64 bits per heavy atom. The van der Waals surface area contributed by atoms with Gasteiger partial charge in [-0.25, -0.2) is 0 Å². The highest BCUT2D eigenvalue weighted by atomic mass is 16.2. The molecule has 1 aromatic carbocycles. The summed E-state index contributed by atoms with van der Waals surface area (Å²) < 4.78 is 0. The smallest absolute Gasteiger partial charge is 0.270 e. The third-order valence-electron chi connectivity index (χ3n) is 2.56. The minimum absolute atomic E-state index is 0.00150. The van der Waals surface area contributed by atoms with Crippen LogP contribution >= 0.6 is 0 Å². The monoisotopic (exact) mass is 300 g/mol. The van der Waals surface area contributed by atoms with Crippen LogP contribution in [-0.2, 0) is 0 Å². The van der Waals surface area contributed by atoms with Gasteiger partial charge in [0.05, 0.1) is 11.1 Å². The lowest BCUT2D eigenvalue weighted by molar-refractivity contribution is 0.0989. The first-order valence-corrected chi connectivity index (χ1v) is 5.92. The average molecular weight is 300 g/mol. The summed E-state index contributed by atoms with van der Waals surface area (Å²) in [7, 11) is 0. The van der Waals surface area contributed by atoms with E-state index < -0.39 is 11.8 Å². The fourth-order valence-corrected chi connectivity index (χ4v) is 1.65. The predicted octanol–water partition coefficient (Wildman–Crippen LogP) is -0.783. The topological polar surface area (TPSA) is 167 Å². The average Bonchev–Trinajstić information content (AvgIpc) is 3.21. The van der Waals surface area contributed by atoms with Crippen molar-refractivity contribution >= 4 is 23.7 Å². The molecule has 12 heteroatoms. The summed E-state index contributed by atoms with van der Waals surface area (Å²) in [6, 6.07) is 6.22. The predicted molar refractivity (Wildman–Crippen MR) is 70.7 cm³/mol. The number of aromatic nitrogens is 8. The maximum absolute atomic E-state index is 12.2. The van der Waals surface area contributed by atoms with Crippen molar-refractivity contribution < 1.29 is 9.59 Å². The lowest BCUT2D eigenvalue weighted by atomic mass is 10.1. The number of hydrogen-bond acceptors (Lipinski definition) is 8. The van der Waals surface area contributed by atoms with E-state index in [1.54, 1.807) is 12.1 Å². The van der Waals surface area contributed by atoms with Gasteiger partial charge in [0.2, 0.25) is 0 Å². The molecule has 2 heterocycles. The van der Waals surface area contributed by atoms with E-state index in [0.717, 1.165) is 0 Å². The van der Waals surface area contributed by atoms with Gasteiger partial charge in [0.25, 0.3) is 23.7 Å². The fourth-order valence-electron chi connectivity index (χ4n) is 1.65. The van der Waals surface area contributed by atoms with Gasteiger partial charge in [-0.1, -0.05) is 22.3 Å². The van der Waals surface area contributed by atoms with Gasteiger partial charge in [-0.2, -0.15) is 10.4 Å². The molecule has 110 valence electrons. The number of aromatic amines is 2. The molecule has 3 rings (SSSR count). The minimum atomic E-state index is -0.555. The van der Waals surface area contributed by atoms with Gasteiger partial charge in [0, 0.05) is 0 Å². The summed E-state index contributed by atoms with van der Waals surface area (Å²) in [6.07, 6.45) is 0. The molecular formula is C10H8N10O2. The van der Waals surface area contributed by atoms with Crippen LogP contribution in [0.4, 0.5) is 11.9 Å². The van der Waals surface area contributed by atoms with E-state index in [4.69, 9.17) is 0 Å². The molecular weight excluding hydrogens is 292 g/mol. The van der Waals surface area contributed by atoms with Crippen molar-refractivity contribution in [2.75, 3.05) is 10.6 Å². The second kappa shape index (κ2) is 5.74. The number of nitrogens with one attached hydrogen (secondary N) is 4. The van der Waals surface area contributed by atoms with Crippen molar-refractivity contribution in [2.45, 2.75) is 0 Å². The highest BCUT2D eigenvalue weighted by molar-refractivity contribution is 6.14. The van der Waals surface area contributed by atoms with Crippen molar-refractivity contribution in [2.24, 2.45) is 0 Å². The number of nitrogens with zero attached hydrogens (tertiary/aromatic N) is 6. The number of tetrazole rings is 2. The third kappa shape index (κ3) is 2.74. The largest absolute Gasteiger partial charge is 0.288 e. The molecule has 0 saturated carbocycles. The van der Waals surface area contributed by atoms with Crippen molar-refractivity contribution in [3.8, 4) is 0 Å². The van der Waals surface area contributed by atoms with Gasteiger partial charge in [0.1, 0.15) is 0 Å². The first-order valence-electron chi connectivity index (χ1n) is 5.92. The molecule has 0 radical (unpaired) electrons. The first kappa shape index (κ1) is 13.3. The third-order valence-corrected chi connectivity index (χ3v) is 2.56. The van der Waals surface area contributed by atoms with E-state index in [9.17, 15) is 9.59 Å². The zero-order valence-corrected chi connectivity index (χ0v) is 10.8. The molecule has 0 bridgehead atoms. The maximum atomic E-state index is 12.2. The molecule has 12 nitrogen and oxygen atoms in total. The number of carbonyl (C=O) groups is 2. The minimum Gasteiger partial charge on any atom is -0.288 e. The molecule has 4 N–H and O–H groups in total. The van der Waals surface area contributed by atoms with Gasteiger partial charge < -0.3 is 0 Å². The molecule has 0 aliphatic heterocycles. The quantitative estimate of drug-likeness (QED) is 0.486. The summed E-state index contributed by atoms with van der Waals surface area (Å²) >= 11 is 0. The Morgan fingerprint density at radius 1 is 0.818 bits per heavy atom.